The summed E-state index contributed by atoms with van der Waals surface area (Å²) in [6.07, 6.45) is 0. The number of anilines is 1. The molecule has 0 saturated heterocycles. The Balaban J connectivity index is 2.21. The molecular weight excluding hydrogens is 260 g/mol. The van der Waals surface area contributed by atoms with Gasteiger partial charge in [-0.25, -0.2) is 0 Å². The third-order valence-electron chi connectivity index (χ3n) is 2.79. The largest absolute Gasteiger partial charge is 0.322 e. The van der Waals surface area contributed by atoms with Gasteiger partial charge in [-0.2, -0.15) is 5.26 Å². The number of nitrogens with one attached hydrogen (secondary N) is 1. The molecule has 3 nitrogen and oxygen atoms in total. The lowest BCUT2D eigenvalue weighted by molar-refractivity contribution is 0.102. The van der Waals surface area contributed by atoms with Crippen molar-refractivity contribution in [1.29, 1.82) is 5.26 Å². The molecular formula is C15H11ClN2O. The zero-order valence-electron chi connectivity index (χ0n) is 10.3. The summed E-state index contributed by atoms with van der Waals surface area (Å²) >= 11 is 6.00. The van der Waals surface area contributed by atoms with Crippen LogP contribution >= 0.6 is 11.6 Å². The molecule has 0 unspecified atom stereocenters. The quantitative estimate of drug-likeness (QED) is 0.903. The van der Waals surface area contributed by atoms with Crippen LogP contribution in [0, 0.1) is 18.3 Å². The zero-order valence-corrected chi connectivity index (χ0v) is 11.0. The van der Waals surface area contributed by atoms with Crippen LogP contribution in [0.15, 0.2) is 42.5 Å². The van der Waals surface area contributed by atoms with Crippen molar-refractivity contribution in [2.45, 2.75) is 6.92 Å². The van der Waals surface area contributed by atoms with Gasteiger partial charge in [0.15, 0.2) is 0 Å². The molecule has 0 fully saturated rings. The summed E-state index contributed by atoms with van der Waals surface area (Å²) in [5.41, 5.74) is 2.53. The monoisotopic (exact) mass is 270 g/mol. The maximum absolute atomic E-state index is 12.0. The fourth-order valence-electron chi connectivity index (χ4n) is 1.63. The van der Waals surface area contributed by atoms with E-state index in [0.29, 0.717) is 21.8 Å². The molecule has 94 valence electrons. The fraction of sp³-hybridized carbons (Fsp3) is 0.0667. The van der Waals surface area contributed by atoms with E-state index in [0.717, 1.165) is 5.56 Å². The van der Waals surface area contributed by atoms with Crippen molar-refractivity contribution in [3.8, 4) is 6.07 Å². The SMILES string of the molecule is Cc1c(Cl)cccc1NC(=O)c1ccc(C#N)cc1. The molecule has 0 bridgehead atoms. The number of carbonyl (C=O) groups excluding carboxylic acids is 1. The van der Waals surface area contributed by atoms with Gasteiger partial charge in [-0.15, -0.1) is 0 Å². The van der Waals surface area contributed by atoms with Gasteiger partial charge in [0.25, 0.3) is 5.91 Å². The molecule has 0 aromatic heterocycles. The van der Waals surface area contributed by atoms with Crippen molar-refractivity contribution in [2.75, 3.05) is 5.32 Å². The number of benzene rings is 2. The highest BCUT2D eigenvalue weighted by Gasteiger charge is 2.08. The maximum atomic E-state index is 12.0. The van der Waals surface area contributed by atoms with Crippen molar-refractivity contribution in [2.24, 2.45) is 0 Å². The normalized spacial score (nSPS) is 9.74. The highest BCUT2D eigenvalue weighted by atomic mass is 35.5. The van der Waals surface area contributed by atoms with Gasteiger partial charge in [0.2, 0.25) is 0 Å². The molecule has 1 amide bonds. The first-order chi connectivity index (χ1) is 9.11. The lowest BCUT2D eigenvalue weighted by Crippen LogP contribution is -2.12. The maximum Gasteiger partial charge on any atom is 0.255 e. The van der Waals surface area contributed by atoms with E-state index >= 15 is 0 Å². The van der Waals surface area contributed by atoms with Crippen LogP contribution in [0.25, 0.3) is 0 Å². The van der Waals surface area contributed by atoms with Gasteiger partial charge in [-0.3, -0.25) is 4.79 Å². The van der Waals surface area contributed by atoms with E-state index in [4.69, 9.17) is 16.9 Å². The van der Waals surface area contributed by atoms with Crippen LogP contribution in [0.4, 0.5) is 5.69 Å². The third-order valence-corrected chi connectivity index (χ3v) is 3.20. The summed E-state index contributed by atoms with van der Waals surface area (Å²) in [5, 5.41) is 12.1. The van der Waals surface area contributed by atoms with Crippen LogP contribution in [0.3, 0.4) is 0 Å². The van der Waals surface area contributed by atoms with Gasteiger partial charge in [0.05, 0.1) is 11.6 Å². The minimum atomic E-state index is -0.227. The second-order valence-electron chi connectivity index (χ2n) is 4.06. The first-order valence-corrected chi connectivity index (χ1v) is 6.06. The van der Waals surface area contributed by atoms with Crippen LogP contribution < -0.4 is 5.32 Å². The molecule has 0 radical (unpaired) electrons. The van der Waals surface area contributed by atoms with Gasteiger partial charge >= 0.3 is 0 Å². The molecule has 1 N–H and O–H groups in total. The van der Waals surface area contributed by atoms with Crippen LogP contribution in [-0.2, 0) is 0 Å². The summed E-state index contributed by atoms with van der Waals surface area (Å²) in [6, 6.07) is 13.8. The van der Waals surface area contributed by atoms with Gasteiger partial charge in [-0.05, 0) is 48.9 Å². The molecule has 0 saturated carbocycles. The third kappa shape index (κ3) is 2.93. The average molecular weight is 271 g/mol. The molecule has 0 aliphatic carbocycles. The molecule has 0 heterocycles. The van der Waals surface area contributed by atoms with E-state index in [1.165, 1.54) is 0 Å². The molecule has 4 heteroatoms. The van der Waals surface area contributed by atoms with Crippen LogP contribution in [0.2, 0.25) is 5.02 Å². The highest BCUT2D eigenvalue weighted by molar-refractivity contribution is 6.31. The number of amides is 1. The molecule has 0 atom stereocenters. The van der Waals surface area contributed by atoms with Gasteiger partial charge in [-0.1, -0.05) is 17.7 Å². The molecule has 2 rings (SSSR count). The number of rotatable bonds is 2. The molecule has 2 aromatic carbocycles. The Morgan fingerprint density at radius 1 is 1.21 bits per heavy atom. The van der Waals surface area contributed by atoms with Crippen molar-refractivity contribution in [1.82, 2.24) is 0 Å². The second kappa shape index (κ2) is 5.55. The fourth-order valence-corrected chi connectivity index (χ4v) is 1.81. The van der Waals surface area contributed by atoms with E-state index in [2.05, 4.69) is 5.32 Å². The summed E-state index contributed by atoms with van der Waals surface area (Å²) in [6.45, 7) is 1.84. The Hall–Kier alpha value is -2.31. The number of hydrogen-bond acceptors (Lipinski definition) is 2. The minimum absolute atomic E-state index is 0.227. The predicted octanol–water partition coefficient (Wildman–Crippen LogP) is 3.77. The highest BCUT2D eigenvalue weighted by Crippen LogP contribution is 2.23. The Bertz CT molecular complexity index is 657. The first-order valence-electron chi connectivity index (χ1n) is 5.68. The Morgan fingerprint density at radius 2 is 1.89 bits per heavy atom. The molecule has 0 aliphatic rings. The summed E-state index contributed by atoms with van der Waals surface area (Å²) in [7, 11) is 0. The summed E-state index contributed by atoms with van der Waals surface area (Å²) in [5.74, 6) is -0.227. The standard InChI is InChI=1S/C15H11ClN2O/c1-10-13(16)3-2-4-14(10)18-15(19)12-7-5-11(9-17)6-8-12/h2-8H,1H3,(H,18,19). The number of nitriles is 1. The van der Waals surface area contributed by atoms with Gasteiger partial charge < -0.3 is 5.32 Å². The van der Waals surface area contributed by atoms with Crippen molar-refractivity contribution in [3.63, 3.8) is 0 Å². The molecule has 19 heavy (non-hydrogen) atoms. The Kier molecular flexibility index (Phi) is 3.84. The Morgan fingerprint density at radius 3 is 2.53 bits per heavy atom. The van der Waals surface area contributed by atoms with Crippen LogP contribution in [0.5, 0.6) is 0 Å². The Labute approximate surface area is 116 Å². The first kappa shape index (κ1) is 13.1. The van der Waals surface area contributed by atoms with Crippen molar-refractivity contribution < 1.29 is 4.79 Å². The predicted molar refractivity (Wildman–Crippen MR) is 75.3 cm³/mol. The van der Waals surface area contributed by atoms with Gasteiger partial charge in [0.1, 0.15) is 0 Å². The number of halogens is 1. The van der Waals surface area contributed by atoms with Crippen molar-refractivity contribution in [3.05, 3.63) is 64.2 Å². The number of hydrogen-bond donors (Lipinski definition) is 1. The van der Waals surface area contributed by atoms with Crippen LogP contribution in [0.1, 0.15) is 21.5 Å². The minimum Gasteiger partial charge on any atom is -0.322 e. The summed E-state index contributed by atoms with van der Waals surface area (Å²) < 4.78 is 0. The van der Waals surface area contributed by atoms with E-state index in [1.54, 1.807) is 42.5 Å². The lowest BCUT2D eigenvalue weighted by atomic mass is 10.1. The summed E-state index contributed by atoms with van der Waals surface area (Å²) in [4.78, 5) is 12.0. The van der Waals surface area contributed by atoms with Gasteiger partial charge in [0, 0.05) is 16.3 Å². The van der Waals surface area contributed by atoms with E-state index in [1.807, 2.05) is 13.0 Å². The molecule has 0 aliphatic heterocycles. The number of nitrogens with zero attached hydrogens (tertiary/aromatic N) is 1. The topological polar surface area (TPSA) is 52.9 Å². The lowest BCUT2D eigenvalue weighted by Gasteiger charge is -2.09. The van der Waals surface area contributed by atoms with E-state index in [-0.39, 0.29) is 5.91 Å². The smallest absolute Gasteiger partial charge is 0.255 e. The van der Waals surface area contributed by atoms with Crippen molar-refractivity contribution >= 4 is 23.2 Å². The number of carbonyl (C=O) groups is 1. The average Bonchev–Trinajstić information content (AvgIpc) is 2.44. The van der Waals surface area contributed by atoms with E-state index in [9.17, 15) is 4.79 Å². The molecule has 2 aromatic rings. The van der Waals surface area contributed by atoms with E-state index < -0.39 is 0 Å². The van der Waals surface area contributed by atoms with Crippen LogP contribution in [-0.4, -0.2) is 5.91 Å². The molecule has 0 spiro atoms. The second-order valence-corrected chi connectivity index (χ2v) is 4.46. The zero-order chi connectivity index (χ0) is 13.8.